The molecule has 0 radical (unpaired) electrons. The number of sulfone groups is 1. The lowest BCUT2D eigenvalue weighted by molar-refractivity contribution is -0.114. The lowest BCUT2D eigenvalue weighted by Gasteiger charge is -2.20. The Balaban J connectivity index is 1.57. The van der Waals surface area contributed by atoms with E-state index in [2.05, 4.69) is 10.1 Å². The number of halogens is 1. The number of fused-ring (bicyclic) bond motifs is 1. The van der Waals surface area contributed by atoms with E-state index in [1.807, 2.05) is 12.1 Å². The molecule has 0 saturated carbocycles. The van der Waals surface area contributed by atoms with Crippen LogP contribution in [0, 0.1) is 5.41 Å². The van der Waals surface area contributed by atoms with Crippen LogP contribution in [0.15, 0.2) is 58.1 Å². The molecule has 0 atom stereocenters. The van der Waals surface area contributed by atoms with Crippen molar-refractivity contribution in [3.05, 3.63) is 64.2 Å². The normalized spacial score (nSPS) is 17.1. The highest BCUT2D eigenvalue weighted by Gasteiger charge is 2.38. The molecule has 170 valence electrons. The first-order valence-corrected chi connectivity index (χ1v) is 12.5. The third-order valence-electron chi connectivity index (χ3n) is 4.56. The predicted molar refractivity (Wildman–Crippen MR) is 129 cm³/mol. The summed E-state index contributed by atoms with van der Waals surface area (Å²) in [5, 5.41) is 14.0. The number of ether oxygens (including phenoxy) is 2. The van der Waals surface area contributed by atoms with Gasteiger partial charge < -0.3 is 9.47 Å². The number of rotatable bonds is 5. The van der Waals surface area contributed by atoms with Crippen molar-refractivity contribution in [2.45, 2.75) is 6.61 Å². The maximum atomic E-state index is 12.5. The molecule has 1 amide bonds. The number of hydrogen-bond acceptors (Lipinski definition) is 8. The molecule has 2 aromatic carbocycles. The lowest BCUT2D eigenvalue weighted by atomic mass is 10.1. The van der Waals surface area contributed by atoms with Crippen LogP contribution in [0.3, 0.4) is 0 Å². The van der Waals surface area contributed by atoms with E-state index in [9.17, 15) is 13.2 Å². The Kier molecular flexibility index (Phi) is 6.28. The van der Waals surface area contributed by atoms with E-state index in [4.69, 9.17) is 26.5 Å². The summed E-state index contributed by atoms with van der Waals surface area (Å²) in [4.78, 5) is 16.4. The molecule has 2 aliphatic heterocycles. The first-order chi connectivity index (χ1) is 15.7. The van der Waals surface area contributed by atoms with Gasteiger partial charge in [-0.25, -0.2) is 8.42 Å². The summed E-state index contributed by atoms with van der Waals surface area (Å²) in [6.07, 6.45) is 2.47. The number of carbonyl (C=O) groups is 1. The van der Waals surface area contributed by atoms with E-state index >= 15 is 0 Å². The van der Waals surface area contributed by atoms with Gasteiger partial charge in [-0.05, 0) is 53.2 Å². The van der Waals surface area contributed by atoms with Gasteiger partial charge in [0, 0.05) is 11.3 Å². The maximum Gasteiger partial charge on any atom is 0.283 e. The van der Waals surface area contributed by atoms with Gasteiger partial charge in [0.1, 0.15) is 6.61 Å². The third-order valence-corrected chi connectivity index (χ3v) is 7.39. The minimum Gasteiger partial charge on any atom is -0.493 e. The zero-order chi connectivity index (χ0) is 23.8. The minimum absolute atomic E-state index is 0.0327. The molecule has 0 aromatic heterocycles. The van der Waals surface area contributed by atoms with Crippen LogP contribution in [0.25, 0.3) is 6.08 Å². The monoisotopic (exact) mass is 504 g/mol. The van der Waals surface area contributed by atoms with E-state index in [1.165, 1.54) is 13.2 Å². The van der Waals surface area contributed by atoms with E-state index < -0.39 is 15.7 Å². The topological polar surface area (TPSA) is 121 Å². The Hall–Kier alpha value is -3.15. The number of aliphatic imine (C=N–C) groups is 1. The molecule has 2 heterocycles. The van der Waals surface area contributed by atoms with Crippen molar-refractivity contribution >= 4 is 60.6 Å². The Morgan fingerprint density at radius 3 is 2.58 bits per heavy atom. The van der Waals surface area contributed by atoms with Crippen molar-refractivity contribution in [3.63, 3.8) is 0 Å². The van der Waals surface area contributed by atoms with Crippen LogP contribution in [-0.4, -0.2) is 48.1 Å². The van der Waals surface area contributed by atoms with Crippen LogP contribution < -0.4 is 9.47 Å². The number of nitrogens with one attached hydrogen (secondary N) is 1. The van der Waals surface area contributed by atoms with Crippen molar-refractivity contribution in [2.24, 2.45) is 10.1 Å². The Bertz CT molecular complexity index is 1350. The molecule has 0 fully saturated rings. The third kappa shape index (κ3) is 4.95. The fraction of sp³-hybridized carbons (Fsp3) is 0.143. The quantitative estimate of drug-likeness (QED) is 0.618. The maximum absolute atomic E-state index is 12.5. The van der Waals surface area contributed by atoms with Gasteiger partial charge in [0.2, 0.25) is 19.4 Å². The summed E-state index contributed by atoms with van der Waals surface area (Å²) in [6, 6.07) is 12.3. The highest BCUT2D eigenvalue weighted by Crippen LogP contribution is 2.32. The van der Waals surface area contributed by atoms with Gasteiger partial charge in [-0.15, -0.1) is 5.10 Å². The molecular weight excluding hydrogens is 488 g/mol. The van der Waals surface area contributed by atoms with E-state index in [-0.39, 0.29) is 21.0 Å². The van der Waals surface area contributed by atoms with E-state index in [0.29, 0.717) is 28.7 Å². The van der Waals surface area contributed by atoms with Crippen LogP contribution in [0.5, 0.6) is 11.5 Å². The van der Waals surface area contributed by atoms with E-state index in [1.54, 1.807) is 30.3 Å². The molecule has 2 aromatic rings. The van der Waals surface area contributed by atoms with Crippen molar-refractivity contribution < 1.29 is 22.7 Å². The van der Waals surface area contributed by atoms with Gasteiger partial charge in [-0.1, -0.05) is 29.8 Å². The predicted octanol–water partition coefficient (Wildman–Crippen LogP) is 3.55. The molecule has 12 heteroatoms. The summed E-state index contributed by atoms with van der Waals surface area (Å²) < 4.78 is 34.6. The highest BCUT2D eigenvalue weighted by molar-refractivity contribution is 8.42. The number of amides is 1. The summed E-state index contributed by atoms with van der Waals surface area (Å²) in [5.41, 5.74) is 1.46. The number of methoxy groups -OCH3 is 1. The van der Waals surface area contributed by atoms with Crippen LogP contribution in [0.4, 0.5) is 0 Å². The molecule has 4 rings (SSSR count). The first kappa shape index (κ1) is 23.0. The Morgan fingerprint density at radius 2 is 1.91 bits per heavy atom. The van der Waals surface area contributed by atoms with Crippen molar-refractivity contribution in [1.82, 2.24) is 5.01 Å². The number of benzene rings is 2. The average molecular weight is 505 g/mol. The molecule has 33 heavy (non-hydrogen) atoms. The SMILES string of the molecule is COc1cc(/C=C2\C(=N)N3N=C(S(C)(=O)=O)SC3=NC2=O)ccc1OCc1ccc(Cl)cc1. The van der Waals surface area contributed by atoms with Crippen molar-refractivity contribution in [1.29, 1.82) is 5.41 Å². The Morgan fingerprint density at radius 1 is 1.18 bits per heavy atom. The molecule has 1 N–H and O–H groups in total. The molecule has 0 saturated heterocycles. The second-order valence-corrected chi connectivity index (χ2v) is 10.6. The second kappa shape index (κ2) is 9.00. The molecule has 2 aliphatic rings. The molecule has 0 unspecified atom stereocenters. The van der Waals surface area contributed by atoms with Gasteiger partial charge >= 0.3 is 0 Å². The fourth-order valence-electron chi connectivity index (χ4n) is 2.93. The second-order valence-electron chi connectivity index (χ2n) is 6.98. The molecule has 0 aliphatic carbocycles. The zero-order valence-electron chi connectivity index (χ0n) is 17.4. The van der Waals surface area contributed by atoms with Gasteiger partial charge in [0.15, 0.2) is 17.3 Å². The van der Waals surface area contributed by atoms with Crippen molar-refractivity contribution in [3.8, 4) is 11.5 Å². The molecule has 9 nitrogen and oxygen atoms in total. The summed E-state index contributed by atoms with van der Waals surface area (Å²) in [5.74, 6) is 0.00797. The number of hydrazone groups is 1. The fourth-order valence-corrected chi connectivity index (χ4v) is 4.74. The zero-order valence-corrected chi connectivity index (χ0v) is 19.8. The molecular formula is C21H17ClN4O5S2. The standard InChI is InChI=1S/C21H17ClN4O5S2/c1-30-17-10-13(5-8-16(17)31-11-12-3-6-14(22)7-4-12)9-15-18(23)26-20(24-19(15)27)32-21(25-26)33(2,28)29/h3-10,23H,11H2,1-2H3/b15-9+,23-18?. The molecule has 0 spiro atoms. The summed E-state index contributed by atoms with van der Waals surface area (Å²) in [6.45, 7) is 0.307. The van der Waals surface area contributed by atoms with Crippen LogP contribution in [-0.2, 0) is 21.2 Å². The number of nitrogens with zero attached hydrogens (tertiary/aromatic N) is 3. The highest BCUT2D eigenvalue weighted by atomic mass is 35.5. The minimum atomic E-state index is -3.59. The van der Waals surface area contributed by atoms with E-state index in [0.717, 1.165) is 28.6 Å². The number of amidine groups is 2. The summed E-state index contributed by atoms with van der Waals surface area (Å²) >= 11 is 6.63. The Labute approximate surface area is 199 Å². The van der Waals surface area contributed by atoms with Gasteiger partial charge in [-0.2, -0.15) is 10.0 Å². The molecule has 0 bridgehead atoms. The smallest absolute Gasteiger partial charge is 0.283 e. The van der Waals surface area contributed by atoms with Gasteiger partial charge in [-0.3, -0.25) is 10.2 Å². The number of carbonyl (C=O) groups excluding carboxylic acids is 1. The number of hydrogen-bond donors (Lipinski definition) is 1. The summed E-state index contributed by atoms with van der Waals surface area (Å²) in [7, 11) is -2.10. The number of thioether (sulfide) groups is 1. The van der Waals surface area contributed by atoms with Gasteiger partial charge in [0.05, 0.1) is 12.7 Å². The van der Waals surface area contributed by atoms with Crippen LogP contribution in [0.2, 0.25) is 5.02 Å². The van der Waals surface area contributed by atoms with Crippen molar-refractivity contribution in [2.75, 3.05) is 13.4 Å². The van der Waals surface area contributed by atoms with Crippen LogP contribution >= 0.6 is 23.4 Å². The first-order valence-electron chi connectivity index (χ1n) is 9.41. The average Bonchev–Trinajstić information content (AvgIpc) is 3.21. The van der Waals surface area contributed by atoms with Gasteiger partial charge in [0.25, 0.3) is 5.91 Å². The largest absolute Gasteiger partial charge is 0.493 e. The lowest BCUT2D eigenvalue weighted by Crippen LogP contribution is -2.35. The van der Waals surface area contributed by atoms with Crippen LogP contribution in [0.1, 0.15) is 11.1 Å².